The predicted octanol–water partition coefficient (Wildman–Crippen LogP) is -0.760. The molecule has 6 rings (SSSR count). The number of carbonyl (C=O) groups excluding carboxylic acids is 10. The highest BCUT2D eigenvalue weighted by Crippen LogP contribution is 2.22. The summed E-state index contributed by atoms with van der Waals surface area (Å²) >= 11 is 0. The molecule has 17 N–H and O–H groups in total. The number of benzene rings is 2. The fraction of sp³-hybridized carbons (Fsp3) is 0.541. The Morgan fingerprint density at radius 3 is 1.91 bits per heavy atom. The Morgan fingerprint density at radius 1 is 0.730 bits per heavy atom. The highest BCUT2D eigenvalue weighted by Gasteiger charge is 2.39. The summed E-state index contributed by atoms with van der Waals surface area (Å²) < 4.78 is 0. The maximum absolute atomic E-state index is 14.2. The Kier molecular flexibility index (Phi) is 28.0. The van der Waals surface area contributed by atoms with E-state index < -0.39 is 90.5 Å². The number of aromatic hydroxyl groups is 1. The third-order valence-corrected chi connectivity index (χ3v) is 15.1. The van der Waals surface area contributed by atoms with Gasteiger partial charge in [-0.15, -0.1) is 0 Å². The number of likely N-dealkylation sites (tertiary alicyclic amines) is 1. The fourth-order valence-electron chi connectivity index (χ4n) is 10.5. The molecule has 486 valence electrons. The number of aromatic amines is 2. The number of carbonyl (C=O) groups is 10. The van der Waals surface area contributed by atoms with E-state index in [0.29, 0.717) is 74.5 Å². The van der Waals surface area contributed by atoms with Crippen LogP contribution in [-0.2, 0) is 67.2 Å². The lowest BCUT2D eigenvalue weighted by Crippen LogP contribution is -2.60. The molecule has 4 heterocycles. The number of Topliss-reactive ketones (excluding diaryl/α,β-unsaturated/α-hetero) is 1. The number of ketones is 1. The van der Waals surface area contributed by atoms with Crippen molar-refractivity contribution >= 4 is 75.8 Å². The quantitative estimate of drug-likeness (QED) is 0.0162. The third kappa shape index (κ3) is 22.3. The minimum atomic E-state index is -1.61. The summed E-state index contributed by atoms with van der Waals surface area (Å²) in [6, 6.07) is 4.49. The molecule has 2 aliphatic heterocycles. The fourth-order valence-corrected chi connectivity index (χ4v) is 10.5. The number of nitrogens with one attached hydrogen (secondary N) is 11. The molecule has 2 aromatic heterocycles. The van der Waals surface area contributed by atoms with Crippen LogP contribution in [0.4, 0.5) is 0 Å². The first-order chi connectivity index (χ1) is 42.4. The number of phenolic OH excluding ortho intramolecular Hbond substituents is 1. The van der Waals surface area contributed by atoms with E-state index in [1.54, 1.807) is 30.3 Å². The van der Waals surface area contributed by atoms with Crippen molar-refractivity contribution in [3.05, 3.63) is 84.1 Å². The molecular formula is C61H90N16O12. The number of hydrogen-bond acceptors (Lipinski definition) is 15. The van der Waals surface area contributed by atoms with E-state index >= 15 is 0 Å². The third-order valence-electron chi connectivity index (χ3n) is 15.1. The number of guanidine groups is 1. The van der Waals surface area contributed by atoms with Gasteiger partial charge in [-0.1, -0.05) is 58.0 Å². The molecule has 2 aliphatic rings. The summed E-state index contributed by atoms with van der Waals surface area (Å²) in [4.78, 5) is 147. The van der Waals surface area contributed by atoms with Gasteiger partial charge in [0.15, 0.2) is 11.7 Å². The number of rotatable bonds is 32. The van der Waals surface area contributed by atoms with E-state index in [0.717, 1.165) is 17.3 Å². The van der Waals surface area contributed by atoms with Gasteiger partial charge in [-0.2, -0.15) is 0 Å². The number of hydrogen-bond donors (Lipinski definition) is 15. The number of phenols is 1. The van der Waals surface area contributed by atoms with Gasteiger partial charge in [0.1, 0.15) is 48.0 Å². The first-order valence-electron chi connectivity index (χ1n) is 30.2. The summed E-state index contributed by atoms with van der Waals surface area (Å²) in [5.41, 5.74) is 13.2. The Labute approximate surface area is 517 Å². The van der Waals surface area contributed by atoms with Crippen LogP contribution in [0.25, 0.3) is 10.9 Å². The Morgan fingerprint density at radius 2 is 1.33 bits per heavy atom. The normalized spacial score (nSPS) is 16.9. The average Bonchev–Trinajstić information content (AvgIpc) is 2.59. The standard InChI is InChI=1S/C41H51N9O9.C20H39N7O3/c1-22(2)14-31(23(3)52)46-38(56)32(15-24-8-10-27(53)11-9-24)47-41(59)35(20-51)50-39(57)33(16-25-18-43-29-7-5-4-6-28(25)29)48-40(58)34(17-26-19-42-21-44-26)49-37(55)30-12-13-36(54)45-30;1-5-24-18(29)16-9-7-11-27(16)19(30)14(8-6-10-25-20(21)22)26-17(28)15(23-4)12-13(2)3/h4-11,18-19,21-22,30-35,43,51,53H,12-17,20H2,1-3H3,(H,42,44)(H,45,54)(H,46,56)(H,47,59)(H,48,58)(H,49,55)(H,50,57);13-16,23H,5-12H2,1-4H3,(H,24,29)(H,26,28)(H4,21,22,25). The average molecular weight is 1240 g/mol. The molecule has 2 fully saturated rings. The molecule has 28 heteroatoms. The number of aliphatic imine (C=N–C) groups is 1. The van der Waals surface area contributed by atoms with Crippen LogP contribution in [0.1, 0.15) is 110 Å². The molecular weight excluding hydrogens is 1150 g/mol. The number of nitrogens with two attached hydrogens (primary N) is 2. The van der Waals surface area contributed by atoms with Crippen LogP contribution >= 0.6 is 0 Å². The van der Waals surface area contributed by atoms with Crippen LogP contribution in [0.3, 0.4) is 0 Å². The maximum atomic E-state index is 14.2. The summed E-state index contributed by atoms with van der Waals surface area (Å²) in [5.74, 6) is -4.62. The second-order valence-corrected chi connectivity index (χ2v) is 23.2. The number of nitrogens with zero attached hydrogens (tertiary/aromatic N) is 3. The number of imidazole rings is 1. The molecule has 0 spiro atoms. The molecule has 2 aromatic carbocycles. The summed E-state index contributed by atoms with van der Waals surface area (Å²) in [7, 11) is 1.73. The number of aromatic nitrogens is 3. The molecule has 2 saturated heterocycles. The second-order valence-electron chi connectivity index (χ2n) is 23.2. The van der Waals surface area contributed by atoms with Crippen molar-refractivity contribution in [2.45, 2.75) is 167 Å². The summed E-state index contributed by atoms with van der Waals surface area (Å²) in [5, 5.41) is 45.5. The van der Waals surface area contributed by atoms with Gasteiger partial charge in [-0.05, 0) is 107 Å². The molecule has 89 heavy (non-hydrogen) atoms. The van der Waals surface area contributed by atoms with Crippen LogP contribution in [0.2, 0.25) is 0 Å². The first kappa shape index (κ1) is 70.8. The van der Waals surface area contributed by atoms with Crippen LogP contribution in [0.5, 0.6) is 5.75 Å². The van der Waals surface area contributed by atoms with E-state index in [9.17, 15) is 58.2 Å². The molecule has 9 amide bonds. The zero-order valence-electron chi connectivity index (χ0n) is 51.8. The van der Waals surface area contributed by atoms with Gasteiger partial charge in [-0.25, -0.2) is 4.98 Å². The van der Waals surface area contributed by atoms with Gasteiger partial charge < -0.3 is 84.4 Å². The summed E-state index contributed by atoms with van der Waals surface area (Å²) in [6.07, 6.45) is 8.07. The molecule has 28 nitrogen and oxygen atoms in total. The molecule has 0 bridgehead atoms. The number of para-hydroxylation sites is 1. The first-order valence-corrected chi connectivity index (χ1v) is 30.2. The number of likely N-dealkylation sites (N-methyl/N-ethyl adjacent to an activating group) is 2. The van der Waals surface area contributed by atoms with Gasteiger partial charge in [0, 0.05) is 74.3 Å². The molecule has 4 aromatic rings. The lowest BCUT2D eigenvalue weighted by molar-refractivity contribution is -0.141. The van der Waals surface area contributed by atoms with Gasteiger partial charge in [0.2, 0.25) is 53.2 Å². The van der Waals surface area contributed by atoms with Crippen LogP contribution in [0, 0.1) is 11.8 Å². The number of fused-ring (bicyclic) bond motifs is 1. The van der Waals surface area contributed by atoms with Crippen molar-refractivity contribution in [1.82, 2.24) is 67.7 Å². The minimum Gasteiger partial charge on any atom is -0.508 e. The largest absolute Gasteiger partial charge is 0.508 e. The smallest absolute Gasteiger partial charge is 0.245 e. The molecule has 9 atom stereocenters. The van der Waals surface area contributed by atoms with Gasteiger partial charge in [0.05, 0.1) is 25.0 Å². The molecule has 0 radical (unpaired) electrons. The van der Waals surface area contributed by atoms with E-state index in [1.165, 1.54) is 31.6 Å². The highest BCUT2D eigenvalue weighted by atomic mass is 16.3. The number of aliphatic hydroxyl groups excluding tert-OH is 1. The lowest BCUT2D eigenvalue weighted by atomic mass is 9.99. The van der Waals surface area contributed by atoms with Crippen LogP contribution < -0.4 is 59.3 Å². The number of amides is 9. The van der Waals surface area contributed by atoms with Gasteiger partial charge in [0.25, 0.3) is 0 Å². The molecule has 0 aliphatic carbocycles. The minimum absolute atomic E-state index is 0.00932. The SMILES string of the molecule is CC(=O)C(CC(C)C)NC(=O)C(Cc1ccc(O)cc1)NC(=O)C(CO)NC(=O)C(Cc1c[nH]c2ccccc12)NC(=O)C(Cc1cnc[nH]1)NC(=O)C1CCC(=O)N1.CCNC(=O)C1CCCN1C(=O)C(CCCN=C(N)N)NC(=O)C(CC(C)C)NC. The Balaban J connectivity index is 0.000000404. The monoisotopic (exact) mass is 1240 g/mol. The van der Waals surface area contributed by atoms with Gasteiger partial charge in [-0.3, -0.25) is 52.9 Å². The zero-order chi connectivity index (χ0) is 65.3. The zero-order valence-corrected chi connectivity index (χ0v) is 51.8. The van der Waals surface area contributed by atoms with E-state index in [-0.39, 0.29) is 79.1 Å². The van der Waals surface area contributed by atoms with E-state index in [4.69, 9.17) is 11.5 Å². The topological polar surface area (TPSA) is 432 Å². The van der Waals surface area contributed by atoms with Crippen LogP contribution in [-0.4, -0.2) is 183 Å². The second kappa shape index (κ2) is 35.2. The van der Waals surface area contributed by atoms with Crippen LogP contribution in [0.15, 0.2) is 72.2 Å². The van der Waals surface area contributed by atoms with E-state index in [2.05, 4.69) is 67.8 Å². The Bertz CT molecular complexity index is 3060. The highest BCUT2D eigenvalue weighted by molar-refractivity contribution is 5.98. The van der Waals surface area contributed by atoms with Crippen molar-refractivity contribution in [1.29, 1.82) is 0 Å². The maximum Gasteiger partial charge on any atom is 0.245 e. The van der Waals surface area contributed by atoms with Crippen molar-refractivity contribution in [2.24, 2.45) is 28.3 Å². The van der Waals surface area contributed by atoms with Crippen molar-refractivity contribution in [3.8, 4) is 5.75 Å². The molecule has 9 unspecified atom stereocenters. The number of H-pyrrole nitrogens is 2. The molecule has 0 saturated carbocycles. The van der Waals surface area contributed by atoms with Crippen molar-refractivity contribution in [3.63, 3.8) is 0 Å². The van der Waals surface area contributed by atoms with Crippen molar-refractivity contribution < 1.29 is 58.2 Å². The van der Waals surface area contributed by atoms with E-state index in [1.807, 2.05) is 58.9 Å². The Hall–Kier alpha value is -8.92. The van der Waals surface area contributed by atoms with Gasteiger partial charge >= 0.3 is 0 Å². The number of aliphatic hydroxyl groups is 1. The summed E-state index contributed by atoms with van der Waals surface area (Å²) in [6.45, 7) is 11.5. The lowest BCUT2D eigenvalue weighted by Gasteiger charge is -2.29. The predicted molar refractivity (Wildman–Crippen MR) is 332 cm³/mol. The van der Waals surface area contributed by atoms with Crippen molar-refractivity contribution in [2.75, 3.05) is 33.3 Å².